The molecule has 1 aromatic rings. The molecule has 0 atom stereocenters. The third-order valence-corrected chi connectivity index (χ3v) is 3.44. The van der Waals surface area contributed by atoms with Crippen molar-refractivity contribution in [3.05, 3.63) is 41.2 Å². The predicted octanol–water partition coefficient (Wildman–Crippen LogP) is 3.57. The molecule has 0 spiro atoms. The van der Waals surface area contributed by atoms with Gasteiger partial charge >= 0.3 is 6.09 Å². The zero-order chi connectivity index (χ0) is 17.7. The van der Waals surface area contributed by atoms with E-state index in [-0.39, 0.29) is 24.5 Å². The molecular formula is C18H22FNO4. The molecule has 24 heavy (non-hydrogen) atoms. The first-order chi connectivity index (χ1) is 11.3. The Morgan fingerprint density at radius 1 is 1.33 bits per heavy atom. The number of alkyl carbamates (subject to hydrolysis) is 1. The van der Waals surface area contributed by atoms with Gasteiger partial charge in [0.1, 0.15) is 18.0 Å². The molecule has 2 rings (SSSR count). The van der Waals surface area contributed by atoms with Crippen molar-refractivity contribution in [1.82, 2.24) is 5.32 Å². The van der Waals surface area contributed by atoms with Gasteiger partial charge in [-0.15, -0.1) is 0 Å². The normalized spacial score (nSPS) is 14.3. The number of hydrogen-bond acceptors (Lipinski definition) is 4. The summed E-state index contributed by atoms with van der Waals surface area (Å²) in [7, 11) is 0. The Morgan fingerprint density at radius 2 is 2.08 bits per heavy atom. The number of ketones is 1. The molecule has 0 unspecified atom stereocenters. The lowest BCUT2D eigenvalue weighted by molar-refractivity contribution is 0.0531. The summed E-state index contributed by atoms with van der Waals surface area (Å²) >= 11 is 0. The minimum Gasteiger partial charge on any atom is -0.489 e. The van der Waals surface area contributed by atoms with Crippen molar-refractivity contribution in [2.45, 2.75) is 39.2 Å². The average molecular weight is 335 g/mol. The van der Waals surface area contributed by atoms with Crippen LogP contribution in [0.5, 0.6) is 5.75 Å². The summed E-state index contributed by atoms with van der Waals surface area (Å²) in [6, 6.07) is 5.30. The molecule has 0 fully saturated rings. The van der Waals surface area contributed by atoms with Crippen molar-refractivity contribution in [3.8, 4) is 5.75 Å². The van der Waals surface area contributed by atoms with E-state index < -0.39 is 11.7 Å². The summed E-state index contributed by atoms with van der Waals surface area (Å²) in [6.07, 6.45) is 1.05. The van der Waals surface area contributed by atoms with Crippen molar-refractivity contribution in [2.75, 3.05) is 13.2 Å². The first kappa shape index (κ1) is 18.0. The van der Waals surface area contributed by atoms with E-state index in [1.54, 1.807) is 32.9 Å². The van der Waals surface area contributed by atoms with Crippen LogP contribution in [0.25, 0.3) is 0 Å². The molecule has 1 amide bonds. The maximum atomic E-state index is 12.9. The van der Waals surface area contributed by atoms with E-state index in [2.05, 4.69) is 5.32 Å². The molecule has 1 aliphatic rings. The lowest BCUT2D eigenvalue weighted by Gasteiger charge is -2.20. The smallest absolute Gasteiger partial charge is 0.407 e. The Kier molecular flexibility index (Phi) is 5.59. The molecule has 1 aliphatic carbocycles. The maximum Gasteiger partial charge on any atom is 0.407 e. The number of hydrogen-bond donors (Lipinski definition) is 1. The Balaban J connectivity index is 1.85. The van der Waals surface area contributed by atoms with Crippen LogP contribution in [0.2, 0.25) is 0 Å². The van der Waals surface area contributed by atoms with Gasteiger partial charge in [-0.2, -0.15) is 0 Å². The predicted molar refractivity (Wildman–Crippen MR) is 88.0 cm³/mol. The Bertz CT molecular complexity index is 661. The Morgan fingerprint density at radius 3 is 2.75 bits per heavy atom. The molecule has 0 aromatic heterocycles. The van der Waals surface area contributed by atoms with Crippen LogP contribution in [0.4, 0.5) is 9.18 Å². The summed E-state index contributed by atoms with van der Waals surface area (Å²) < 4.78 is 23.5. The number of aryl methyl sites for hydroxylation is 1. The van der Waals surface area contributed by atoms with Crippen LogP contribution in [-0.4, -0.2) is 30.6 Å². The molecule has 1 N–H and O–H groups in total. The molecule has 6 heteroatoms. The number of halogens is 1. The van der Waals surface area contributed by atoms with Gasteiger partial charge in [-0.05, 0) is 44.9 Å². The molecule has 0 saturated carbocycles. The van der Waals surface area contributed by atoms with Gasteiger partial charge in [-0.25, -0.2) is 9.18 Å². The SMILES string of the molecule is CC(C)(C)OC(=O)NC/C(=C\F)COc1ccc2c(c1)C(=O)CC2. The highest BCUT2D eigenvalue weighted by molar-refractivity contribution is 6.00. The number of rotatable bonds is 5. The molecule has 1 aromatic carbocycles. The molecule has 5 nitrogen and oxygen atoms in total. The quantitative estimate of drug-likeness (QED) is 0.893. The standard InChI is InChI=1S/C18H22FNO4/c1-18(2,3)24-17(22)20-10-12(9-19)11-23-14-6-4-13-5-7-16(21)15(13)8-14/h4,6,8-9H,5,7,10-11H2,1-3H3,(H,20,22)/b12-9+. The minimum atomic E-state index is -0.620. The molecule has 130 valence electrons. The molecular weight excluding hydrogens is 313 g/mol. The molecule has 0 radical (unpaired) electrons. The van der Waals surface area contributed by atoms with E-state index in [9.17, 15) is 14.0 Å². The average Bonchev–Trinajstić information content (AvgIpc) is 2.87. The van der Waals surface area contributed by atoms with Crippen LogP contribution in [0.15, 0.2) is 30.1 Å². The number of amides is 1. The van der Waals surface area contributed by atoms with Crippen molar-refractivity contribution >= 4 is 11.9 Å². The van der Waals surface area contributed by atoms with E-state index in [4.69, 9.17) is 9.47 Å². The van der Waals surface area contributed by atoms with Crippen LogP contribution in [-0.2, 0) is 11.2 Å². The van der Waals surface area contributed by atoms with Crippen molar-refractivity contribution < 1.29 is 23.5 Å². The summed E-state index contributed by atoms with van der Waals surface area (Å²) in [5, 5.41) is 2.47. The lowest BCUT2D eigenvalue weighted by atomic mass is 10.1. The van der Waals surface area contributed by atoms with E-state index >= 15 is 0 Å². The van der Waals surface area contributed by atoms with Gasteiger partial charge in [-0.1, -0.05) is 6.07 Å². The number of carbonyl (C=O) groups is 2. The van der Waals surface area contributed by atoms with Crippen molar-refractivity contribution in [3.63, 3.8) is 0 Å². The fraction of sp³-hybridized carbons (Fsp3) is 0.444. The molecule has 0 aliphatic heterocycles. The van der Waals surface area contributed by atoms with Gasteiger partial charge in [0.05, 0.1) is 6.33 Å². The number of fused-ring (bicyclic) bond motifs is 1. The summed E-state index contributed by atoms with van der Waals surface area (Å²) in [4.78, 5) is 23.3. The number of nitrogens with one attached hydrogen (secondary N) is 1. The van der Waals surface area contributed by atoms with Gasteiger partial charge < -0.3 is 14.8 Å². The zero-order valence-corrected chi connectivity index (χ0v) is 14.1. The van der Waals surface area contributed by atoms with Crippen LogP contribution in [0.1, 0.15) is 43.1 Å². The number of Topliss-reactive ketones (excluding diaryl/α,β-unsaturated/α-hetero) is 1. The second kappa shape index (κ2) is 7.47. The lowest BCUT2D eigenvalue weighted by Crippen LogP contribution is -2.34. The third-order valence-electron chi connectivity index (χ3n) is 3.44. The number of carbonyl (C=O) groups excluding carboxylic acids is 2. The first-order valence-electron chi connectivity index (χ1n) is 7.82. The number of ether oxygens (including phenoxy) is 2. The van der Waals surface area contributed by atoms with Crippen LogP contribution in [0.3, 0.4) is 0 Å². The van der Waals surface area contributed by atoms with Gasteiger partial charge in [0.15, 0.2) is 5.78 Å². The van der Waals surface area contributed by atoms with Gasteiger partial charge in [0.2, 0.25) is 0 Å². The highest BCUT2D eigenvalue weighted by Crippen LogP contribution is 2.26. The van der Waals surface area contributed by atoms with Crippen LogP contribution >= 0.6 is 0 Å². The maximum absolute atomic E-state index is 12.9. The topological polar surface area (TPSA) is 64.6 Å². The first-order valence-corrected chi connectivity index (χ1v) is 7.82. The van der Waals surface area contributed by atoms with Crippen LogP contribution < -0.4 is 10.1 Å². The summed E-state index contributed by atoms with van der Waals surface area (Å²) in [5.74, 6) is 0.601. The summed E-state index contributed by atoms with van der Waals surface area (Å²) in [5.41, 5.74) is 1.33. The second-order valence-corrected chi connectivity index (χ2v) is 6.65. The van der Waals surface area contributed by atoms with E-state index in [0.29, 0.717) is 24.1 Å². The van der Waals surface area contributed by atoms with Gasteiger partial charge in [0, 0.05) is 24.1 Å². The highest BCUT2D eigenvalue weighted by Gasteiger charge is 2.20. The highest BCUT2D eigenvalue weighted by atomic mass is 19.1. The van der Waals surface area contributed by atoms with Crippen molar-refractivity contribution in [2.24, 2.45) is 0 Å². The minimum absolute atomic E-state index is 0.0186. The van der Waals surface area contributed by atoms with Gasteiger partial charge in [-0.3, -0.25) is 4.79 Å². The van der Waals surface area contributed by atoms with Gasteiger partial charge in [0.25, 0.3) is 0 Å². The largest absolute Gasteiger partial charge is 0.489 e. The fourth-order valence-corrected chi connectivity index (χ4v) is 2.30. The van der Waals surface area contributed by atoms with E-state index in [0.717, 1.165) is 12.0 Å². The summed E-state index contributed by atoms with van der Waals surface area (Å²) in [6.45, 7) is 5.19. The number of benzene rings is 1. The van der Waals surface area contributed by atoms with E-state index in [1.807, 2.05) is 6.07 Å². The molecule has 0 heterocycles. The fourth-order valence-electron chi connectivity index (χ4n) is 2.30. The third kappa shape index (κ3) is 5.08. The molecule has 0 saturated heterocycles. The van der Waals surface area contributed by atoms with Crippen LogP contribution in [0, 0.1) is 0 Å². The molecule has 0 bridgehead atoms. The van der Waals surface area contributed by atoms with E-state index in [1.165, 1.54) is 0 Å². The monoisotopic (exact) mass is 335 g/mol. The Labute approximate surface area is 140 Å². The van der Waals surface area contributed by atoms with Crippen molar-refractivity contribution in [1.29, 1.82) is 0 Å². The zero-order valence-electron chi connectivity index (χ0n) is 14.1. The second-order valence-electron chi connectivity index (χ2n) is 6.65. The Hall–Kier alpha value is -2.37.